The highest BCUT2D eigenvalue weighted by Gasteiger charge is 2.44. The van der Waals surface area contributed by atoms with Crippen molar-refractivity contribution < 1.29 is 50.0 Å². The zero-order valence-corrected chi connectivity index (χ0v) is 43.6. The van der Waals surface area contributed by atoms with E-state index in [1.54, 1.807) is 0 Å². The summed E-state index contributed by atoms with van der Waals surface area (Å²) >= 11 is 0. The van der Waals surface area contributed by atoms with Crippen LogP contribution < -0.4 is 5.32 Å². The Hall–Kier alpha value is -1.67. The number of amides is 1. The third kappa shape index (κ3) is 34.6. The van der Waals surface area contributed by atoms with Gasteiger partial charge in [0.25, 0.3) is 0 Å². The van der Waals surface area contributed by atoms with E-state index in [9.17, 15) is 40.5 Å². The van der Waals surface area contributed by atoms with Crippen molar-refractivity contribution in [3.63, 3.8) is 0 Å². The van der Waals surface area contributed by atoms with E-state index >= 15 is 0 Å². The van der Waals surface area contributed by atoms with Gasteiger partial charge in [0.2, 0.25) is 5.91 Å². The van der Waals surface area contributed by atoms with Crippen molar-refractivity contribution in [2.45, 2.75) is 306 Å². The number of carbonyl (C=O) groups excluding carboxylic acids is 1. The molecule has 1 amide bonds. The van der Waals surface area contributed by atoms with Crippen LogP contribution in [0.2, 0.25) is 0 Å². The predicted octanol–water partition coefficient (Wildman–Crippen LogP) is 11.5. The van der Waals surface area contributed by atoms with Gasteiger partial charge < -0.3 is 50.5 Å². The van der Waals surface area contributed by atoms with Crippen molar-refractivity contribution in [1.82, 2.24) is 5.32 Å². The van der Waals surface area contributed by atoms with Crippen LogP contribution in [0.3, 0.4) is 0 Å². The van der Waals surface area contributed by atoms with Gasteiger partial charge in [0.1, 0.15) is 36.6 Å². The van der Waals surface area contributed by atoms with Gasteiger partial charge in [-0.05, 0) is 57.8 Å². The van der Waals surface area contributed by atoms with E-state index in [0.717, 1.165) is 51.4 Å². The molecule has 1 fully saturated rings. The molecule has 68 heavy (non-hydrogen) atoms. The second-order valence-electron chi connectivity index (χ2n) is 20.0. The van der Waals surface area contributed by atoms with Crippen LogP contribution in [0.5, 0.6) is 0 Å². The fraction of sp³-hybridized carbons (Fsp3) is 0.877. The Morgan fingerprint density at radius 2 is 0.912 bits per heavy atom. The summed E-state index contributed by atoms with van der Waals surface area (Å²) in [4.78, 5) is 13.1. The Morgan fingerprint density at radius 3 is 1.32 bits per heavy atom. The van der Waals surface area contributed by atoms with E-state index in [1.165, 1.54) is 154 Å². The van der Waals surface area contributed by atoms with Crippen molar-refractivity contribution >= 4 is 5.91 Å². The highest BCUT2D eigenvalue weighted by atomic mass is 16.7. The van der Waals surface area contributed by atoms with Crippen molar-refractivity contribution in [1.29, 1.82) is 0 Å². The van der Waals surface area contributed by atoms with Gasteiger partial charge in [-0.25, -0.2) is 0 Å². The first-order valence-electron chi connectivity index (χ1n) is 28.4. The molecule has 0 radical (unpaired) electrons. The van der Waals surface area contributed by atoms with Gasteiger partial charge >= 0.3 is 0 Å². The van der Waals surface area contributed by atoms with Gasteiger partial charge in [0.05, 0.1) is 25.4 Å². The maximum atomic E-state index is 13.1. The van der Waals surface area contributed by atoms with Gasteiger partial charge in [-0.2, -0.15) is 0 Å². The molecule has 9 atom stereocenters. The molecule has 0 bridgehead atoms. The molecule has 1 aliphatic heterocycles. The summed E-state index contributed by atoms with van der Waals surface area (Å²) in [7, 11) is 0. The maximum Gasteiger partial charge on any atom is 0.249 e. The summed E-state index contributed by atoms with van der Waals surface area (Å²) in [6.45, 7) is 3.33. The number of allylic oxidation sites excluding steroid dienone is 6. The maximum absolute atomic E-state index is 13.1. The van der Waals surface area contributed by atoms with E-state index in [1.807, 2.05) is 0 Å². The van der Waals surface area contributed by atoms with Crippen LogP contribution in [-0.2, 0) is 14.3 Å². The Balaban J connectivity index is 2.25. The average molecular weight is 966 g/mol. The number of unbranched alkanes of at least 4 members (excludes halogenated alkanes) is 30. The molecule has 0 aromatic carbocycles. The minimum atomic E-state index is -1.67. The van der Waals surface area contributed by atoms with Gasteiger partial charge in [0.15, 0.2) is 6.29 Å². The number of carbonyl (C=O) groups is 1. The molecule has 0 spiro atoms. The second kappa shape index (κ2) is 46.4. The molecule has 1 aliphatic rings. The lowest BCUT2D eigenvalue weighted by Crippen LogP contribution is -2.60. The van der Waals surface area contributed by atoms with Crippen LogP contribution in [-0.4, -0.2) is 110 Å². The molecular formula is C57H107NO10. The average Bonchev–Trinajstić information content (AvgIpc) is 3.34. The molecule has 1 heterocycles. The number of rotatable bonds is 48. The smallest absolute Gasteiger partial charge is 0.249 e. The fourth-order valence-corrected chi connectivity index (χ4v) is 9.07. The molecule has 1 rings (SSSR count). The summed E-state index contributed by atoms with van der Waals surface area (Å²) < 4.78 is 11.1. The van der Waals surface area contributed by atoms with Crippen molar-refractivity contribution in [2.75, 3.05) is 13.2 Å². The molecule has 0 saturated carbocycles. The van der Waals surface area contributed by atoms with Crippen molar-refractivity contribution in [3.05, 3.63) is 36.5 Å². The lowest BCUT2D eigenvalue weighted by Gasteiger charge is -2.40. The highest BCUT2D eigenvalue weighted by Crippen LogP contribution is 2.23. The lowest BCUT2D eigenvalue weighted by atomic mass is 9.98. The normalized spacial score (nSPS) is 20.8. The quantitative estimate of drug-likeness (QED) is 0.0215. The number of ether oxygens (including phenoxy) is 2. The van der Waals surface area contributed by atoms with Crippen LogP contribution in [0, 0.1) is 0 Å². The first kappa shape index (κ1) is 64.3. The number of aliphatic hydroxyl groups is 7. The first-order valence-corrected chi connectivity index (χ1v) is 28.4. The summed E-state index contributed by atoms with van der Waals surface area (Å²) in [5.41, 5.74) is 0. The Bertz CT molecular complexity index is 1200. The van der Waals surface area contributed by atoms with Crippen molar-refractivity contribution in [2.24, 2.45) is 0 Å². The lowest BCUT2D eigenvalue weighted by molar-refractivity contribution is -0.303. The van der Waals surface area contributed by atoms with E-state index in [2.05, 4.69) is 55.6 Å². The summed E-state index contributed by atoms with van der Waals surface area (Å²) in [6.07, 6.45) is 45.1. The highest BCUT2D eigenvalue weighted by molar-refractivity contribution is 5.80. The van der Waals surface area contributed by atoms with Crippen LogP contribution in [0.4, 0.5) is 0 Å². The Kier molecular flexibility index (Phi) is 43.9. The summed E-state index contributed by atoms with van der Waals surface area (Å²) in [5, 5.41) is 75.9. The zero-order valence-electron chi connectivity index (χ0n) is 43.6. The molecule has 9 unspecified atom stereocenters. The third-order valence-electron chi connectivity index (χ3n) is 13.7. The third-order valence-corrected chi connectivity index (χ3v) is 13.7. The minimum absolute atomic E-state index is 0.241. The minimum Gasteiger partial charge on any atom is -0.394 e. The number of aliphatic hydroxyl groups excluding tert-OH is 7. The largest absolute Gasteiger partial charge is 0.394 e. The van der Waals surface area contributed by atoms with E-state index in [4.69, 9.17) is 9.47 Å². The number of hydrogen-bond acceptors (Lipinski definition) is 10. The standard InChI is InChI=1S/C57H107NO10/c1-3-5-7-9-11-13-15-17-18-19-20-21-22-23-24-25-26-27-28-29-30-31-33-35-37-39-41-43-45-50(61)56(66)58-48(47-67-57-55(65)54(64)53(63)51(46-59)68-57)52(62)49(60)44-42-40-38-36-34-32-16-14-12-10-8-6-4-2/h6,8,14,16,36,38,48-55,57,59-65H,3-5,7,9-13,15,17-35,37,39-47H2,1-2H3,(H,58,66)/b8-6+,16-14+,38-36+. The Labute approximate surface area is 416 Å². The van der Waals surface area contributed by atoms with Gasteiger partial charge in [-0.15, -0.1) is 0 Å². The molecule has 8 N–H and O–H groups in total. The zero-order chi connectivity index (χ0) is 49.7. The van der Waals surface area contributed by atoms with Crippen LogP contribution in [0.1, 0.15) is 251 Å². The number of nitrogens with one attached hydrogen (secondary N) is 1. The fourth-order valence-electron chi connectivity index (χ4n) is 9.07. The Morgan fingerprint density at radius 1 is 0.515 bits per heavy atom. The van der Waals surface area contributed by atoms with Crippen LogP contribution >= 0.6 is 0 Å². The molecule has 400 valence electrons. The molecule has 11 heteroatoms. The van der Waals surface area contributed by atoms with Gasteiger partial charge in [0, 0.05) is 0 Å². The van der Waals surface area contributed by atoms with E-state index in [0.29, 0.717) is 19.3 Å². The van der Waals surface area contributed by atoms with Gasteiger partial charge in [-0.1, -0.05) is 230 Å². The molecule has 11 nitrogen and oxygen atoms in total. The van der Waals surface area contributed by atoms with Crippen molar-refractivity contribution in [3.8, 4) is 0 Å². The molecule has 1 saturated heterocycles. The molecule has 0 aromatic heterocycles. The molecule has 0 aromatic rings. The van der Waals surface area contributed by atoms with Gasteiger partial charge in [-0.3, -0.25) is 4.79 Å². The summed E-state index contributed by atoms with van der Waals surface area (Å²) in [5.74, 6) is -0.710. The van der Waals surface area contributed by atoms with E-state index < -0.39 is 74.2 Å². The van der Waals surface area contributed by atoms with Crippen LogP contribution in [0.25, 0.3) is 0 Å². The topological polar surface area (TPSA) is 189 Å². The molecule has 0 aliphatic carbocycles. The second-order valence-corrected chi connectivity index (χ2v) is 20.0. The summed E-state index contributed by atoms with van der Waals surface area (Å²) in [6, 6.07) is -1.19. The van der Waals surface area contributed by atoms with Crippen LogP contribution in [0.15, 0.2) is 36.5 Å². The molecular weight excluding hydrogens is 859 g/mol. The first-order chi connectivity index (χ1) is 33.2. The van der Waals surface area contributed by atoms with E-state index in [-0.39, 0.29) is 12.8 Å². The predicted molar refractivity (Wildman–Crippen MR) is 279 cm³/mol. The SMILES string of the molecule is CC/C=C/CC/C=C/CC/C=C/CCCC(O)C(O)C(COC1OC(CO)C(O)C(O)C1O)NC(=O)C(O)CCCCCCCCCCCCCCCCCCCCCCCCCCCCCC. The number of hydrogen-bond donors (Lipinski definition) is 8. The monoisotopic (exact) mass is 966 g/mol.